The van der Waals surface area contributed by atoms with Crippen LogP contribution >= 0.6 is 0 Å². The summed E-state index contributed by atoms with van der Waals surface area (Å²) in [5, 5.41) is 14.8. The van der Waals surface area contributed by atoms with Gasteiger partial charge in [-0.3, -0.25) is 14.9 Å². The van der Waals surface area contributed by atoms with E-state index in [1.54, 1.807) is 12.1 Å². The Morgan fingerprint density at radius 2 is 2.19 bits per heavy atom. The van der Waals surface area contributed by atoms with Gasteiger partial charge < -0.3 is 9.42 Å². The van der Waals surface area contributed by atoms with Crippen LogP contribution in [0.4, 0.5) is 5.69 Å². The van der Waals surface area contributed by atoms with Crippen LogP contribution in [0, 0.1) is 16.0 Å². The Bertz CT molecular complexity index is 801. The first-order chi connectivity index (χ1) is 13.1. The Labute approximate surface area is 157 Å². The lowest BCUT2D eigenvalue weighted by Gasteiger charge is -2.31. The zero-order valence-electron chi connectivity index (χ0n) is 15.5. The largest absolute Gasteiger partial charge is 0.342 e. The highest BCUT2D eigenvalue weighted by atomic mass is 16.6. The number of hydrogen-bond acceptors (Lipinski definition) is 6. The van der Waals surface area contributed by atoms with Crippen LogP contribution in [-0.2, 0) is 11.2 Å². The number of carbonyl (C=O) groups is 1. The van der Waals surface area contributed by atoms with Gasteiger partial charge in [0, 0.05) is 43.1 Å². The van der Waals surface area contributed by atoms with E-state index in [1.807, 2.05) is 4.90 Å². The highest BCUT2D eigenvalue weighted by Gasteiger charge is 2.29. The second-order valence-electron chi connectivity index (χ2n) is 6.88. The summed E-state index contributed by atoms with van der Waals surface area (Å²) in [6, 6.07) is 6.13. The maximum Gasteiger partial charge on any atom is 0.270 e. The second kappa shape index (κ2) is 8.75. The van der Waals surface area contributed by atoms with Gasteiger partial charge in [-0.25, -0.2) is 0 Å². The quantitative estimate of drug-likeness (QED) is 0.492. The molecule has 0 N–H and O–H groups in total. The Morgan fingerprint density at radius 1 is 1.37 bits per heavy atom. The molecule has 0 unspecified atom stereocenters. The van der Waals surface area contributed by atoms with Gasteiger partial charge in [-0.2, -0.15) is 4.98 Å². The fourth-order valence-electron chi connectivity index (χ4n) is 3.06. The van der Waals surface area contributed by atoms with Crippen LogP contribution in [-0.4, -0.2) is 39.0 Å². The van der Waals surface area contributed by atoms with Crippen molar-refractivity contribution in [3.8, 4) is 11.4 Å². The summed E-state index contributed by atoms with van der Waals surface area (Å²) in [5.74, 6) is 1.15. The van der Waals surface area contributed by atoms with Crippen LogP contribution in [0.25, 0.3) is 11.4 Å². The van der Waals surface area contributed by atoms with Crippen LogP contribution < -0.4 is 0 Å². The summed E-state index contributed by atoms with van der Waals surface area (Å²) in [5.41, 5.74) is 0.517. The smallest absolute Gasteiger partial charge is 0.270 e. The molecule has 1 aromatic heterocycles. The summed E-state index contributed by atoms with van der Waals surface area (Å²) in [6.07, 6.45) is 5.59. The monoisotopic (exact) mass is 372 g/mol. The zero-order chi connectivity index (χ0) is 19.2. The van der Waals surface area contributed by atoms with Gasteiger partial charge >= 0.3 is 0 Å². The van der Waals surface area contributed by atoms with Crippen molar-refractivity contribution >= 4 is 11.6 Å². The number of amides is 1. The lowest BCUT2D eigenvalue weighted by Crippen LogP contribution is -2.40. The van der Waals surface area contributed by atoms with E-state index in [4.69, 9.17) is 4.52 Å². The summed E-state index contributed by atoms with van der Waals surface area (Å²) in [7, 11) is 0. The second-order valence-corrected chi connectivity index (χ2v) is 6.88. The molecule has 2 aromatic rings. The SMILES string of the molecule is CCCCN(CCc1nc(-c2cccc([N+](=O)[O-])c2)no1)C(=O)C1CCC1. The van der Waals surface area contributed by atoms with E-state index < -0.39 is 4.92 Å². The van der Waals surface area contributed by atoms with E-state index in [0.29, 0.717) is 30.2 Å². The van der Waals surface area contributed by atoms with Crippen LogP contribution in [0.1, 0.15) is 44.9 Å². The van der Waals surface area contributed by atoms with E-state index in [2.05, 4.69) is 17.1 Å². The highest BCUT2D eigenvalue weighted by Crippen LogP contribution is 2.28. The number of aromatic nitrogens is 2. The van der Waals surface area contributed by atoms with Crippen LogP contribution in [0.2, 0.25) is 0 Å². The van der Waals surface area contributed by atoms with Crippen LogP contribution in [0.15, 0.2) is 28.8 Å². The van der Waals surface area contributed by atoms with Crippen molar-refractivity contribution in [2.75, 3.05) is 13.1 Å². The number of non-ortho nitro benzene ring substituents is 1. The predicted molar refractivity (Wildman–Crippen MR) is 98.9 cm³/mol. The van der Waals surface area contributed by atoms with Gasteiger partial charge in [0.25, 0.3) is 5.69 Å². The van der Waals surface area contributed by atoms with Crippen molar-refractivity contribution in [2.24, 2.45) is 5.92 Å². The number of unbranched alkanes of at least 4 members (excludes halogenated alkanes) is 1. The predicted octanol–water partition coefficient (Wildman–Crippen LogP) is 3.62. The molecule has 1 amide bonds. The lowest BCUT2D eigenvalue weighted by atomic mass is 9.84. The van der Waals surface area contributed by atoms with E-state index in [-0.39, 0.29) is 17.5 Å². The Hall–Kier alpha value is -2.77. The number of nitrogens with zero attached hydrogens (tertiary/aromatic N) is 4. The Balaban J connectivity index is 1.64. The molecule has 8 nitrogen and oxygen atoms in total. The molecule has 0 spiro atoms. The molecule has 0 bridgehead atoms. The minimum Gasteiger partial charge on any atom is -0.342 e. The van der Waals surface area contributed by atoms with Gasteiger partial charge in [-0.15, -0.1) is 0 Å². The number of benzene rings is 1. The standard InChI is InChI=1S/C19H24N4O4/c1-2-3-11-22(19(24)14-6-4-7-14)12-10-17-20-18(21-27-17)15-8-5-9-16(13-15)23(25)26/h5,8-9,13-14H,2-4,6-7,10-12H2,1H3. The minimum atomic E-state index is -0.456. The molecule has 1 saturated carbocycles. The van der Waals surface area contributed by atoms with Gasteiger partial charge in [0.15, 0.2) is 0 Å². The molecule has 0 radical (unpaired) electrons. The third-order valence-electron chi connectivity index (χ3n) is 4.93. The number of hydrogen-bond donors (Lipinski definition) is 0. The number of rotatable bonds is 9. The topological polar surface area (TPSA) is 102 Å². The van der Waals surface area contributed by atoms with E-state index in [9.17, 15) is 14.9 Å². The molecular formula is C19H24N4O4. The first-order valence-corrected chi connectivity index (χ1v) is 9.44. The third kappa shape index (κ3) is 4.69. The number of nitro benzene ring substituents is 1. The average Bonchev–Trinajstić information content (AvgIpc) is 3.09. The molecule has 27 heavy (non-hydrogen) atoms. The number of carbonyl (C=O) groups excluding carboxylic acids is 1. The van der Waals surface area contributed by atoms with Crippen molar-refractivity contribution in [1.29, 1.82) is 0 Å². The van der Waals surface area contributed by atoms with Crippen molar-refractivity contribution < 1.29 is 14.2 Å². The zero-order valence-corrected chi connectivity index (χ0v) is 15.5. The Kier molecular flexibility index (Phi) is 6.16. The lowest BCUT2D eigenvalue weighted by molar-refractivity contribution is -0.384. The molecule has 3 rings (SSSR count). The summed E-state index contributed by atoms with van der Waals surface area (Å²) in [6.45, 7) is 3.40. The molecule has 0 aliphatic heterocycles. The first kappa shape index (κ1) is 19.0. The van der Waals surface area contributed by atoms with Crippen molar-refractivity contribution in [3.05, 3.63) is 40.3 Å². The third-order valence-corrected chi connectivity index (χ3v) is 4.93. The summed E-state index contributed by atoms with van der Waals surface area (Å²) >= 11 is 0. The molecule has 144 valence electrons. The van der Waals surface area contributed by atoms with Crippen molar-refractivity contribution in [1.82, 2.24) is 15.0 Å². The molecule has 1 heterocycles. The highest BCUT2D eigenvalue weighted by molar-refractivity contribution is 5.79. The minimum absolute atomic E-state index is 0.0179. The van der Waals surface area contributed by atoms with E-state index in [1.165, 1.54) is 12.1 Å². The first-order valence-electron chi connectivity index (χ1n) is 9.44. The van der Waals surface area contributed by atoms with Gasteiger partial charge in [0.05, 0.1) is 4.92 Å². The van der Waals surface area contributed by atoms with Gasteiger partial charge in [-0.05, 0) is 19.3 Å². The molecule has 8 heteroatoms. The van der Waals surface area contributed by atoms with E-state index in [0.717, 1.165) is 38.6 Å². The average molecular weight is 372 g/mol. The summed E-state index contributed by atoms with van der Waals surface area (Å²) < 4.78 is 5.29. The maximum absolute atomic E-state index is 12.6. The van der Waals surface area contributed by atoms with Gasteiger partial charge in [-0.1, -0.05) is 37.1 Å². The fourth-order valence-corrected chi connectivity index (χ4v) is 3.06. The Morgan fingerprint density at radius 3 is 2.85 bits per heavy atom. The van der Waals surface area contributed by atoms with Crippen molar-refractivity contribution in [3.63, 3.8) is 0 Å². The number of nitro groups is 1. The maximum atomic E-state index is 12.6. The normalized spacial score (nSPS) is 14.0. The molecule has 1 aliphatic rings. The molecule has 0 saturated heterocycles. The van der Waals surface area contributed by atoms with Gasteiger partial charge in [0.2, 0.25) is 17.6 Å². The molecule has 1 aliphatic carbocycles. The molecule has 0 atom stereocenters. The fraction of sp³-hybridized carbons (Fsp3) is 0.526. The molecule has 1 fully saturated rings. The summed E-state index contributed by atoms with van der Waals surface area (Å²) in [4.78, 5) is 29.3. The van der Waals surface area contributed by atoms with Crippen molar-refractivity contribution in [2.45, 2.75) is 45.4 Å². The van der Waals surface area contributed by atoms with Gasteiger partial charge in [0.1, 0.15) is 0 Å². The van der Waals surface area contributed by atoms with Crippen LogP contribution in [0.5, 0.6) is 0 Å². The van der Waals surface area contributed by atoms with Crippen LogP contribution in [0.3, 0.4) is 0 Å². The molecular weight excluding hydrogens is 348 g/mol. The molecule has 1 aromatic carbocycles. The van der Waals surface area contributed by atoms with E-state index >= 15 is 0 Å².